The van der Waals surface area contributed by atoms with E-state index in [1.54, 1.807) is 12.1 Å². The lowest BCUT2D eigenvalue weighted by Crippen LogP contribution is -2.08. The van der Waals surface area contributed by atoms with Crippen molar-refractivity contribution in [2.45, 2.75) is 13.3 Å². The smallest absolute Gasteiger partial charge is 0.248 e. The van der Waals surface area contributed by atoms with Gasteiger partial charge in [-0.3, -0.25) is 4.79 Å². The van der Waals surface area contributed by atoms with E-state index >= 15 is 0 Å². The molecule has 0 aliphatic carbocycles. The summed E-state index contributed by atoms with van der Waals surface area (Å²) in [6.07, 6.45) is 4.01. The molecule has 4 nitrogen and oxygen atoms in total. The summed E-state index contributed by atoms with van der Waals surface area (Å²) in [6.45, 7) is 2.72. The van der Waals surface area contributed by atoms with E-state index in [0.717, 1.165) is 17.7 Å². The standard InChI is InChI=1S/C18H19FN2O2/c1-2-11-23-15-7-3-13(4-8-15)5-10-18(22)21-14-6-9-17(20)16(19)12-14/h3-10,12H,2,11,20H2,1H3,(H,21,22)/b10-5+. The van der Waals surface area contributed by atoms with Gasteiger partial charge in [-0.1, -0.05) is 19.1 Å². The Hall–Kier alpha value is -2.82. The zero-order chi connectivity index (χ0) is 16.7. The zero-order valence-electron chi connectivity index (χ0n) is 12.9. The molecular formula is C18H19FN2O2. The van der Waals surface area contributed by atoms with Crippen molar-refractivity contribution in [2.24, 2.45) is 0 Å². The summed E-state index contributed by atoms with van der Waals surface area (Å²) in [5.41, 5.74) is 6.65. The number of carbonyl (C=O) groups is 1. The maximum absolute atomic E-state index is 13.3. The third-order valence-corrected chi connectivity index (χ3v) is 3.05. The van der Waals surface area contributed by atoms with Gasteiger partial charge in [0.05, 0.1) is 12.3 Å². The molecule has 1 amide bonds. The van der Waals surface area contributed by atoms with E-state index in [1.165, 1.54) is 18.2 Å². The molecule has 0 heterocycles. The van der Waals surface area contributed by atoms with E-state index in [2.05, 4.69) is 5.32 Å². The topological polar surface area (TPSA) is 64.3 Å². The quantitative estimate of drug-likeness (QED) is 0.629. The average Bonchev–Trinajstić information content (AvgIpc) is 2.55. The fourth-order valence-electron chi connectivity index (χ4n) is 1.86. The highest BCUT2D eigenvalue weighted by atomic mass is 19.1. The second kappa shape index (κ2) is 7.98. The number of nitrogens with one attached hydrogen (secondary N) is 1. The van der Waals surface area contributed by atoms with Gasteiger partial charge in [0.15, 0.2) is 0 Å². The van der Waals surface area contributed by atoms with Crippen LogP contribution in [0.5, 0.6) is 5.75 Å². The van der Waals surface area contributed by atoms with E-state index in [9.17, 15) is 9.18 Å². The van der Waals surface area contributed by atoms with Crippen LogP contribution in [0.4, 0.5) is 15.8 Å². The Labute approximate surface area is 134 Å². The third-order valence-electron chi connectivity index (χ3n) is 3.05. The molecule has 0 atom stereocenters. The summed E-state index contributed by atoms with van der Waals surface area (Å²) in [6, 6.07) is 11.6. The number of benzene rings is 2. The van der Waals surface area contributed by atoms with Crippen LogP contribution in [0, 0.1) is 5.82 Å². The van der Waals surface area contributed by atoms with Gasteiger partial charge in [0.25, 0.3) is 0 Å². The van der Waals surface area contributed by atoms with Gasteiger partial charge in [-0.2, -0.15) is 0 Å². The Morgan fingerprint density at radius 3 is 2.65 bits per heavy atom. The molecule has 120 valence electrons. The molecule has 0 bridgehead atoms. The summed E-state index contributed by atoms with van der Waals surface area (Å²) < 4.78 is 18.8. The second-order valence-corrected chi connectivity index (χ2v) is 4.98. The largest absolute Gasteiger partial charge is 0.494 e. The van der Waals surface area contributed by atoms with Crippen molar-refractivity contribution in [2.75, 3.05) is 17.7 Å². The van der Waals surface area contributed by atoms with Crippen molar-refractivity contribution in [1.29, 1.82) is 0 Å². The fourth-order valence-corrected chi connectivity index (χ4v) is 1.86. The minimum atomic E-state index is -0.561. The first-order chi connectivity index (χ1) is 11.1. The van der Waals surface area contributed by atoms with E-state index in [-0.39, 0.29) is 11.6 Å². The molecule has 2 aromatic rings. The monoisotopic (exact) mass is 314 g/mol. The molecule has 0 spiro atoms. The molecule has 0 radical (unpaired) electrons. The van der Waals surface area contributed by atoms with Gasteiger partial charge < -0.3 is 15.8 Å². The Kier molecular flexibility index (Phi) is 5.74. The summed E-state index contributed by atoms with van der Waals surface area (Å²) in [4.78, 5) is 11.8. The Balaban J connectivity index is 1.93. The fraction of sp³-hybridized carbons (Fsp3) is 0.167. The lowest BCUT2D eigenvalue weighted by Gasteiger charge is -2.04. The SMILES string of the molecule is CCCOc1ccc(/C=C/C(=O)Nc2ccc(N)c(F)c2)cc1. The predicted octanol–water partition coefficient (Wildman–Crippen LogP) is 3.85. The Morgan fingerprint density at radius 1 is 1.26 bits per heavy atom. The van der Waals surface area contributed by atoms with Crippen LogP contribution < -0.4 is 15.8 Å². The molecular weight excluding hydrogens is 295 g/mol. The highest BCUT2D eigenvalue weighted by Gasteiger charge is 2.02. The van der Waals surface area contributed by atoms with Crippen LogP contribution in [-0.2, 0) is 4.79 Å². The number of hydrogen-bond acceptors (Lipinski definition) is 3. The van der Waals surface area contributed by atoms with Gasteiger partial charge >= 0.3 is 0 Å². The third kappa shape index (κ3) is 5.14. The first-order valence-electron chi connectivity index (χ1n) is 7.35. The lowest BCUT2D eigenvalue weighted by molar-refractivity contribution is -0.111. The van der Waals surface area contributed by atoms with E-state index < -0.39 is 5.82 Å². The number of nitrogens with two attached hydrogens (primary N) is 1. The van der Waals surface area contributed by atoms with Gasteiger partial charge in [-0.05, 0) is 48.4 Å². The van der Waals surface area contributed by atoms with Crippen molar-refractivity contribution in [3.8, 4) is 5.75 Å². The molecule has 2 aromatic carbocycles. The lowest BCUT2D eigenvalue weighted by atomic mass is 10.2. The summed E-state index contributed by atoms with van der Waals surface area (Å²) >= 11 is 0. The molecule has 23 heavy (non-hydrogen) atoms. The number of hydrogen-bond donors (Lipinski definition) is 2. The van der Waals surface area contributed by atoms with Gasteiger partial charge in [-0.15, -0.1) is 0 Å². The first-order valence-corrected chi connectivity index (χ1v) is 7.35. The molecule has 0 saturated carbocycles. The second-order valence-electron chi connectivity index (χ2n) is 4.98. The van der Waals surface area contributed by atoms with Crippen LogP contribution in [-0.4, -0.2) is 12.5 Å². The summed E-state index contributed by atoms with van der Waals surface area (Å²) in [7, 11) is 0. The number of halogens is 1. The Bertz CT molecular complexity index is 697. The number of amides is 1. The number of carbonyl (C=O) groups excluding carboxylic acids is 1. The van der Waals surface area contributed by atoms with Crippen LogP contribution >= 0.6 is 0 Å². The minimum Gasteiger partial charge on any atom is -0.494 e. The normalized spacial score (nSPS) is 10.7. The van der Waals surface area contributed by atoms with Gasteiger partial charge in [-0.25, -0.2) is 4.39 Å². The van der Waals surface area contributed by atoms with E-state index in [4.69, 9.17) is 10.5 Å². The average molecular weight is 314 g/mol. The predicted molar refractivity (Wildman–Crippen MR) is 90.7 cm³/mol. The van der Waals surface area contributed by atoms with Crippen LogP contribution in [0.3, 0.4) is 0 Å². The van der Waals surface area contributed by atoms with E-state index in [0.29, 0.717) is 12.3 Å². The van der Waals surface area contributed by atoms with Gasteiger partial charge in [0.1, 0.15) is 11.6 Å². The number of nitrogen functional groups attached to an aromatic ring is 1. The number of ether oxygens (including phenoxy) is 1. The van der Waals surface area contributed by atoms with Gasteiger partial charge in [0, 0.05) is 11.8 Å². The highest BCUT2D eigenvalue weighted by Crippen LogP contribution is 2.16. The first kappa shape index (κ1) is 16.5. The molecule has 0 aliphatic heterocycles. The molecule has 0 saturated heterocycles. The molecule has 0 unspecified atom stereocenters. The van der Waals surface area contributed by atoms with Gasteiger partial charge in [0.2, 0.25) is 5.91 Å². The maximum Gasteiger partial charge on any atom is 0.248 e. The Morgan fingerprint density at radius 2 is 2.00 bits per heavy atom. The van der Waals surface area contributed by atoms with Crippen molar-refractivity contribution < 1.29 is 13.9 Å². The molecule has 5 heteroatoms. The molecule has 0 aliphatic rings. The van der Waals surface area contributed by atoms with Crippen molar-refractivity contribution in [3.63, 3.8) is 0 Å². The molecule has 2 rings (SSSR count). The van der Waals surface area contributed by atoms with Crippen LogP contribution in [0.1, 0.15) is 18.9 Å². The van der Waals surface area contributed by atoms with Crippen molar-refractivity contribution in [3.05, 3.63) is 59.9 Å². The molecule has 0 aromatic heterocycles. The van der Waals surface area contributed by atoms with Crippen LogP contribution in [0.2, 0.25) is 0 Å². The number of anilines is 2. The van der Waals surface area contributed by atoms with Crippen LogP contribution in [0.25, 0.3) is 6.08 Å². The highest BCUT2D eigenvalue weighted by molar-refractivity contribution is 6.02. The van der Waals surface area contributed by atoms with E-state index in [1.807, 2.05) is 31.2 Å². The maximum atomic E-state index is 13.3. The molecule has 3 N–H and O–H groups in total. The minimum absolute atomic E-state index is 0.0453. The summed E-state index contributed by atoms with van der Waals surface area (Å²) in [5, 5.41) is 2.57. The number of rotatable bonds is 6. The zero-order valence-corrected chi connectivity index (χ0v) is 12.9. The van der Waals surface area contributed by atoms with Crippen molar-refractivity contribution >= 4 is 23.4 Å². The molecule has 0 fully saturated rings. The van der Waals surface area contributed by atoms with Crippen LogP contribution in [0.15, 0.2) is 48.5 Å². The van der Waals surface area contributed by atoms with Crippen molar-refractivity contribution in [1.82, 2.24) is 0 Å². The summed E-state index contributed by atoms with van der Waals surface area (Å²) in [5.74, 6) is -0.110.